The predicted octanol–water partition coefficient (Wildman–Crippen LogP) is 1.77. The standard InChI is InChI=1S/C21H22N4O3/c1-14-5-3-8-17-19(14)24-13-25(21(17)28)10-9-18(26)23-12-15-6-4-7-16(11-15)20(27)22-2/h3-8,11,13H,9-10,12H2,1-2H3,(H,22,27)(H,23,26). The van der Waals surface area contributed by atoms with Crippen LogP contribution in [0.5, 0.6) is 0 Å². The first kappa shape index (κ1) is 19.3. The van der Waals surface area contributed by atoms with Gasteiger partial charge in [-0.25, -0.2) is 4.98 Å². The molecule has 0 aliphatic rings. The zero-order chi connectivity index (χ0) is 20.1. The summed E-state index contributed by atoms with van der Waals surface area (Å²) >= 11 is 0. The Hall–Kier alpha value is -3.48. The minimum absolute atomic E-state index is 0.153. The van der Waals surface area contributed by atoms with Crippen LogP contribution in [-0.4, -0.2) is 28.4 Å². The maximum Gasteiger partial charge on any atom is 0.261 e. The molecule has 0 fully saturated rings. The molecule has 2 aromatic carbocycles. The Morgan fingerprint density at radius 1 is 1.14 bits per heavy atom. The summed E-state index contributed by atoms with van der Waals surface area (Å²) in [5.74, 6) is -0.354. The molecule has 1 aromatic heterocycles. The molecule has 1 heterocycles. The van der Waals surface area contributed by atoms with Gasteiger partial charge in [0.2, 0.25) is 5.91 Å². The molecule has 0 bridgehead atoms. The maximum atomic E-state index is 12.6. The van der Waals surface area contributed by atoms with Gasteiger partial charge in [0.1, 0.15) is 0 Å². The smallest absolute Gasteiger partial charge is 0.261 e. The van der Waals surface area contributed by atoms with E-state index in [1.807, 2.05) is 25.1 Å². The number of nitrogens with zero attached hydrogens (tertiary/aromatic N) is 2. The van der Waals surface area contributed by atoms with Gasteiger partial charge in [-0.15, -0.1) is 0 Å². The molecule has 0 aliphatic carbocycles. The average molecular weight is 378 g/mol. The van der Waals surface area contributed by atoms with Crippen LogP contribution in [0.15, 0.2) is 53.6 Å². The molecule has 0 saturated heterocycles. The number of amides is 2. The largest absolute Gasteiger partial charge is 0.355 e. The van der Waals surface area contributed by atoms with Crippen molar-refractivity contribution in [1.82, 2.24) is 20.2 Å². The van der Waals surface area contributed by atoms with Crippen molar-refractivity contribution in [2.45, 2.75) is 26.4 Å². The molecule has 0 atom stereocenters. The lowest BCUT2D eigenvalue weighted by molar-refractivity contribution is -0.121. The normalized spacial score (nSPS) is 10.6. The van der Waals surface area contributed by atoms with Gasteiger partial charge in [0.25, 0.3) is 11.5 Å². The number of carbonyl (C=O) groups is 2. The van der Waals surface area contributed by atoms with Crippen LogP contribution in [0, 0.1) is 6.92 Å². The fraction of sp³-hybridized carbons (Fsp3) is 0.238. The number of hydrogen-bond donors (Lipinski definition) is 2. The molecule has 3 rings (SSSR count). The highest BCUT2D eigenvalue weighted by molar-refractivity contribution is 5.94. The first-order chi connectivity index (χ1) is 13.5. The fourth-order valence-corrected chi connectivity index (χ4v) is 2.97. The number of rotatable bonds is 6. The summed E-state index contributed by atoms with van der Waals surface area (Å²) in [5.41, 5.74) is 2.84. The van der Waals surface area contributed by atoms with Crippen LogP contribution in [-0.2, 0) is 17.9 Å². The second-order valence-corrected chi connectivity index (χ2v) is 6.52. The third-order valence-corrected chi connectivity index (χ3v) is 4.54. The van der Waals surface area contributed by atoms with Crippen LogP contribution in [0.2, 0.25) is 0 Å². The Bertz CT molecular complexity index is 1090. The van der Waals surface area contributed by atoms with E-state index < -0.39 is 0 Å². The maximum absolute atomic E-state index is 12.6. The highest BCUT2D eigenvalue weighted by atomic mass is 16.2. The van der Waals surface area contributed by atoms with Gasteiger partial charge in [0, 0.05) is 32.1 Å². The Balaban J connectivity index is 1.61. The third kappa shape index (κ3) is 4.25. The Kier molecular flexibility index (Phi) is 5.84. The second kappa shape index (κ2) is 8.47. The number of para-hydroxylation sites is 1. The van der Waals surface area contributed by atoms with Crippen LogP contribution in [0.25, 0.3) is 10.9 Å². The van der Waals surface area contributed by atoms with E-state index in [4.69, 9.17) is 0 Å². The van der Waals surface area contributed by atoms with Crippen LogP contribution in [0.1, 0.15) is 27.9 Å². The molecule has 2 N–H and O–H groups in total. The second-order valence-electron chi connectivity index (χ2n) is 6.52. The van der Waals surface area contributed by atoms with Gasteiger partial charge in [0.05, 0.1) is 17.2 Å². The summed E-state index contributed by atoms with van der Waals surface area (Å²) in [7, 11) is 1.57. The van der Waals surface area contributed by atoms with E-state index in [0.717, 1.165) is 11.1 Å². The molecular formula is C21H22N4O3. The Morgan fingerprint density at radius 3 is 2.71 bits per heavy atom. The van der Waals surface area contributed by atoms with Gasteiger partial charge in [-0.2, -0.15) is 0 Å². The van der Waals surface area contributed by atoms with Crippen molar-refractivity contribution in [1.29, 1.82) is 0 Å². The average Bonchev–Trinajstić information content (AvgIpc) is 2.72. The summed E-state index contributed by atoms with van der Waals surface area (Å²) in [4.78, 5) is 40.7. The number of aromatic nitrogens is 2. The lowest BCUT2D eigenvalue weighted by atomic mass is 10.1. The topological polar surface area (TPSA) is 93.1 Å². The van der Waals surface area contributed by atoms with Crippen LogP contribution in [0.3, 0.4) is 0 Å². The Labute approximate surface area is 162 Å². The van der Waals surface area contributed by atoms with Gasteiger partial charge in [0.15, 0.2) is 0 Å². The molecule has 0 aliphatic heterocycles. The molecule has 7 nitrogen and oxygen atoms in total. The number of hydrogen-bond acceptors (Lipinski definition) is 4. The molecule has 0 unspecified atom stereocenters. The van der Waals surface area contributed by atoms with Crippen molar-refractivity contribution in [3.8, 4) is 0 Å². The van der Waals surface area contributed by atoms with E-state index in [-0.39, 0.29) is 30.3 Å². The van der Waals surface area contributed by atoms with Gasteiger partial charge >= 0.3 is 0 Å². The van der Waals surface area contributed by atoms with Crippen molar-refractivity contribution in [3.05, 3.63) is 75.8 Å². The fourth-order valence-electron chi connectivity index (χ4n) is 2.97. The molecule has 3 aromatic rings. The molecular weight excluding hydrogens is 356 g/mol. The van der Waals surface area contributed by atoms with E-state index in [2.05, 4.69) is 15.6 Å². The van der Waals surface area contributed by atoms with Gasteiger partial charge < -0.3 is 10.6 Å². The zero-order valence-corrected chi connectivity index (χ0v) is 15.9. The highest BCUT2D eigenvalue weighted by Crippen LogP contribution is 2.11. The number of carbonyl (C=O) groups excluding carboxylic acids is 2. The van der Waals surface area contributed by atoms with Crippen molar-refractivity contribution >= 4 is 22.7 Å². The SMILES string of the molecule is CNC(=O)c1cccc(CNC(=O)CCn2cnc3c(C)cccc3c2=O)c1. The minimum Gasteiger partial charge on any atom is -0.355 e. The van der Waals surface area contributed by atoms with Crippen molar-refractivity contribution < 1.29 is 9.59 Å². The molecule has 0 saturated carbocycles. The van der Waals surface area contributed by atoms with E-state index in [9.17, 15) is 14.4 Å². The number of aryl methyl sites for hydroxylation is 2. The molecule has 144 valence electrons. The number of benzene rings is 2. The Morgan fingerprint density at radius 2 is 1.93 bits per heavy atom. The first-order valence-corrected chi connectivity index (χ1v) is 9.02. The first-order valence-electron chi connectivity index (χ1n) is 9.02. The predicted molar refractivity (Wildman–Crippen MR) is 107 cm³/mol. The van der Waals surface area contributed by atoms with Gasteiger partial charge in [-0.05, 0) is 36.2 Å². The van der Waals surface area contributed by atoms with E-state index in [0.29, 0.717) is 23.0 Å². The summed E-state index contributed by atoms with van der Waals surface area (Å²) < 4.78 is 1.45. The molecule has 7 heteroatoms. The summed E-state index contributed by atoms with van der Waals surface area (Å²) in [6.07, 6.45) is 1.64. The number of nitrogens with one attached hydrogen (secondary N) is 2. The van der Waals surface area contributed by atoms with Gasteiger partial charge in [-0.1, -0.05) is 24.3 Å². The van der Waals surface area contributed by atoms with E-state index in [1.165, 1.54) is 10.9 Å². The van der Waals surface area contributed by atoms with Crippen molar-refractivity contribution in [3.63, 3.8) is 0 Å². The van der Waals surface area contributed by atoms with Crippen LogP contribution < -0.4 is 16.2 Å². The lowest BCUT2D eigenvalue weighted by Gasteiger charge is -2.09. The third-order valence-electron chi connectivity index (χ3n) is 4.54. The van der Waals surface area contributed by atoms with E-state index >= 15 is 0 Å². The monoisotopic (exact) mass is 378 g/mol. The van der Waals surface area contributed by atoms with Crippen LogP contribution in [0.4, 0.5) is 0 Å². The highest BCUT2D eigenvalue weighted by Gasteiger charge is 2.09. The molecule has 0 spiro atoms. The lowest BCUT2D eigenvalue weighted by Crippen LogP contribution is -2.27. The van der Waals surface area contributed by atoms with E-state index in [1.54, 1.807) is 31.3 Å². The summed E-state index contributed by atoms with van der Waals surface area (Å²) in [6.45, 7) is 2.47. The zero-order valence-electron chi connectivity index (χ0n) is 15.9. The molecule has 0 radical (unpaired) electrons. The quantitative estimate of drug-likeness (QED) is 0.684. The molecule has 28 heavy (non-hydrogen) atoms. The minimum atomic E-state index is -0.179. The van der Waals surface area contributed by atoms with Crippen molar-refractivity contribution in [2.75, 3.05) is 7.05 Å². The molecule has 2 amide bonds. The summed E-state index contributed by atoms with van der Waals surface area (Å²) in [5, 5.41) is 5.93. The van der Waals surface area contributed by atoms with Gasteiger partial charge in [-0.3, -0.25) is 19.0 Å². The summed E-state index contributed by atoms with van der Waals surface area (Å²) in [6, 6.07) is 12.5. The van der Waals surface area contributed by atoms with Crippen LogP contribution >= 0.6 is 0 Å². The van der Waals surface area contributed by atoms with Crippen molar-refractivity contribution in [2.24, 2.45) is 0 Å². The number of fused-ring (bicyclic) bond motifs is 1.